The number of aromatic amines is 1. The van der Waals surface area contributed by atoms with Gasteiger partial charge in [0.25, 0.3) is 0 Å². The minimum atomic E-state index is -4.42. The summed E-state index contributed by atoms with van der Waals surface area (Å²) in [5.41, 5.74) is -0.239. The van der Waals surface area contributed by atoms with Crippen molar-refractivity contribution in [3.05, 3.63) is 34.2 Å². The van der Waals surface area contributed by atoms with E-state index in [0.29, 0.717) is 23.2 Å². The summed E-state index contributed by atoms with van der Waals surface area (Å²) in [4.78, 5) is 17.7. The average molecular weight is 448 g/mol. The molecule has 0 unspecified atom stereocenters. The average Bonchev–Trinajstić information content (AvgIpc) is 3.03. The summed E-state index contributed by atoms with van der Waals surface area (Å²) >= 11 is 0. The van der Waals surface area contributed by atoms with E-state index in [4.69, 9.17) is 4.74 Å². The van der Waals surface area contributed by atoms with Crippen LogP contribution in [0.15, 0.2) is 23.0 Å². The number of fused-ring (bicyclic) bond motifs is 1. The SMILES string of the molecule is CCO[C@H]1CC[C@@H](N2CCC(n3c(=O)[nH]c4ccc(C(F)(F)F)cc43)CC2)CC1.Cl. The fourth-order valence-corrected chi connectivity index (χ4v) is 4.98. The molecule has 1 aromatic carbocycles. The number of aromatic nitrogens is 2. The van der Waals surface area contributed by atoms with Crippen molar-refractivity contribution in [1.29, 1.82) is 0 Å². The third-order valence-corrected chi connectivity index (χ3v) is 6.47. The van der Waals surface area contributed by atoms with Crippen molar-refractivity contribution in [3.63, 3.8) is 0 Å². The van der Waals surface area contributed by atoms with Gasteiger partial charge in [0.05, 0.1) is 22.7 Å². The molecule has 0 radical (unpaired) electrons. The molecule has 1 saturated carbocycles. The van der Waals surface area contributed by atoms with Crippen LogP contribution in [0.2, 0.25) is 0 Å². The Bertz CT molecular complexity index is 895. The van der Waals surface area contributed by atoms with Gasteiger partial charge in [0, 0.05) is 31.8 Å². The Hall–Kier alpha value is -1.51. The van der Waals surface area contributed by atoms with Crippen LogP contribution >= 0.6 is 12.4 Å². The minimum Gasteiger partial charge on any atom is -0.379 e. The second kappa shape index (κ2) is 9.32. The number of nitrogens with one attached hydrogen (secondary N) is 1. The zero-order valence-corrected chi connectivity index (χ0v) is 17.9. The summed E-state index contributed by atoms with van der Waals surface area (Å²) in [6.45, 7) is 4.52. The number of halogens is 4. The number of hydrogen-bond acceptors (Lipinski definition) is 3. The van der Waals surface area contributed by atoms with Gasteiger partial charge in [-0.3, -0.25) is 4.57 Å². The van der Waals surface area contributed by atoms with Gasteiger partial charge in [-0.1, -0.05) is 0 Å². The molecule has 1 aromatic heterocycles. The molecular formula is C21H29ClF3N3O2. The second-order valence-electron chi connectivity index (χ2n) is 8.18. The molecule has 0 spiro atoms. The van der Waals surface area contributed by atoms with Crippen molar-refractivity contribution >= 4 is 23.4 Å². The van der Waals surface area contributed by atoms with Crippen LogP contribution in [0.25, 0.3) is 11.0 Å². The highest BCUT2D eigenvalue weighted by Gasteiger charge is 2.33. The van der Waals surface area contributed by atoms with Crippen LogP contribution in [0, 0.1) is 0 Å². The number of alkyl halides is 3. The van der Waals surface area contributed by atoms with Gasteiger partial charge < -0.3 is 14.6 Å². The lowest BCUT2D eigenvalue weighted by Crippen LogP contribution is -2.45. The molecule has 168 valence electrons. The normalized spacial score (nSPS) is 24.1. The molecule has 9 heteroatoms. The first-order valence-electron chi connectivity index (χ1n) is 10.5. The zero-order valence-electron chi connectivity index (χ0n) is 17.1. The number of H-pyrrole nitrogens is 1. The molecule has 30 heavy (non-hydrogen) atoms. The third-order valence-electron chi connectivity index (χ3n) is 6.47. The maximum Gasteiger partial charge on any atom is 0.416 e. The van der Waals surface area contributed by atoms with Gasteiger partial charge in [-0.2, -0.15) is 13.2 Å². The van der Waals surface area contributed by atoms with E-state index in [1.807, 2.05) is 6.92 Å². The molecule has 2 aromatic rings. The molecule has 2 fully saturated rings. The topological polar surface area (TPSA) is 50.3 Å². The molecule has 1 N–H and O–H groups in total. The van der Waals surface area contributed by atoms with Gasteiger partial charge in [-0.15, -0.1) is 12.4 Å². The lowest BCUT2D eigenvalue weighted by molar-refractivity contribution is -0.137. The first-order chi connectivity index (χ1) is 13.9. The Kier molecular flexibility index (Phi) is 7.20. The Labute approximate surface area is 180 Å². The van der Waals surface area contributed by atoms with Crippen LogP contribution in [0.3, 0.4) is 0 Å². The summed E-state index contributed by atoms with van der Waals surface area (Å²) in [6, 6.07) is 3.93. The first-order valence-corrected chi connectivity index (χ1v) is 10.5. The fraction of sp³-hybridized carbons (Fsp3) is 0.667. The summed E-state index contributed by atoms with van der Waals surface area (Å²) in [5.74, 6) is 0. The van der Waals surface area contributed by atoms with Gasteiger partial charge in [0.2, 0.25) is 0 Å². The molecular weight excluding hydrogens is 419 g/mol. The zero-order chi connectivity index (χ0) is 20.6. The Morgan fingerprint density at radius 1 is 1.07 bits per heavy atom. The van der Waals surface area contributed by atoms with E-state index in [1.54, 1.807) is 0 Å². The van der Waals surface area contributed by atoms with Crippen LogP contribution in [0.5, 0.6) is 0 Å². The van der Waals surface area contributed by atoms with Crippen molar-refractivity contribution in [2.45, 2.75) is 69.8 Å². The molecule has 1 saturated heterocycles. The van der Waals surface area contributed by atoms with E-state index in [1.165, 1.54) is 10.6 Å². The van der Waals surface area contributed by atoms with Crippen LogP contribution in [0.4, 0.5) is 13.2 Å². The molecule has 2 aliphatic rings. The Morgan fingerprint density at radius 3 is 2.33 bits per heavy atom. The van der Waals surface area contributed by atoms with E-state index < -0.39 is 11.7 Å². The fourth-order valence-electron chi connectivity index (χ4n) is 4.98. The van der Waals surface area contributed by atoms with Gasteiger partial charge in [-0.05, 0) is 63.6 Å². The van der Waals surface area contributed by atoms with Gasteiger partial charge in [0.1, 0.15) is 0 Å². The quantitative estimate of drug-likeness (QED) is 0.735. The highest BCUT2D eigenvalue weighted by atomic mass is 35.5. The standard InChI is InChI=1S/C21H28F3N3O2.ClH/c1-2-29-17-6-4-15(5-7-17)26-11-9-16(10-12-26)27-19-13-14(21(22,23)24)3-8-18(19)25-20(27)28;/h3,8,13,15-17H,2,4-7,9-12H2,1H3,(H,25,28);1H/t15-,17+;. The number of likely N-dealkylation sites (tertiary alicyclic amines) is 1. The maximum absolute atomic E-state index is 13.1. The van der Waals surface area contributed by atoms with Crippen LogP contribution < -0.4 is 5.69 Å². The highest BCUT2D eigenvalue weighted by molar-refractivity contribution is 5.85. The number of piperidine rings is 1. The maximum atomic E-state index is 13.1. The van der Waals surface area contributed by atoms with E-state index in [9.17, 15) is 18.0 Å². The van der Waals surface area contributed by atoms with E-state index in [0.717, 1.165) is 70.4 Å². The number of hydrogen-bond donors (Lipinski definition) is 1. The number of ether oxygens (including phenoxy) is 1. The largest absolute Gasteiger partial charge is 0.416 e. The minimum absolute atomic E-state index is 0. The predicted octanol–water partition coefficient (Wildman–Crippen LogP) is 4.75. The lowest BCUT2D eigenvalue weighted by atomic mass is 9.90. The van der Waals surface area contributed by atoms with Crippen LogP contribution in [-0.2, 0) is 10.9 Å². The third kappa shape index (κ3) is 4.70. The number of benzene rings is 1. The summed E-state index contributed by atoms with van der Waals surface area (Å²) in [6.07, 6.45) is 1.91. The highest BCUT2D eigenvalue weighted by Crippen LogP contribution is 2.34. The Balaban J connectivity index is 0.00000256. The van der Waals surface area contributed by atoms with Crippen LogP contribution in [0.1, 0.15) is 57.1 Å². The van der Waals surface area contributed by atoms with Gasteiger partial charge >= 0.3 is 11.9 Å². The molecule has 0 atom stereocenters. The smallest absolute Gasteiger partial charge is 0.379 e. The van der Waals surface area contributed by atoms with Crippen LogP contribution in [-0.4, -0.2) is 46.3 Å². The number of nitrogens with zero attached hydrogens (tertiary/aromatic N) is 2. The summed E-state index contributed by atoms with van der Waals surface area (Å²) < 4.78 is 46.6. The second-order valence-corrected chi connectivity index (χ2v) is 8.18. The molecule has 4 rings (SSSR count). The summed E-state index contributed by atoms with van der Waals surface area (Å²) in [7, 11) is 0. The van der Waals surface area contributed by atoms with Crippen molar-refractivity contribution in [2.24, 2.45) is 0 Å². The molecule has 1 aliphatic carbocycles. The van der Waals surface area contributed by atoms with Gasteiger partial charge in [-0.25, -0.2) is 4.79 Å². The monoisotopic (exact) mass is 447 g/mol. The molecule has 5 nitrogen and oxygen atoms in total. The molecule has 0 amide bonds. The van der Waals surface area contributed by atoms with Crippen molar-refractivity contribution in [3.8, 4) is 0 Å². The summed E-state index contributed by atoms with van der Waals surface area (Å²) in [5, 5.41) is 0. The first kappa shape index (κ1) is 23.2. The van der Waals surface area contributed by atoms with E-state index in [-0.39, 0.29) is 24.1 Å². The van der Waals surface area contributed by atoms with Crippen molar-refractivity contribution in [2.75, 3.05) is 19.7 Å². The van der Waals surface area contributed by atoms with Gasteiger partial charge in [0.15, 0.2) is 0 Å². The molecule has 1 aliphatic heterocycles. The Morgan fingerprint density at radius 2 is 1.73 bits per heavy atom. The lowest BCUT2D eigenvalue weighted by Gasteiger charge is -2.41. The molecule has 0 bridgehead atoms. The number of rotatable bonds is 4. The van der Waals surface area contributed by atoms with Crippen molar-refractivity contribution < 1.29 is 17.9 Å². The predicted molar refractivity (Wildman–Crippen MR) is 112 cm³/mol. The molecule has 2 heterocycles. The van der Waals surface area contributed by atoms with Crippen molar-refractivity contribution in [1.82, 2.24) is 14.5 Å². The van der Waals surface area contributed by atoms with E-state index >= 15 is 0 Å². The number of imidazole rings is 1. The van der Waals surface area contributed by atoms with E-state index in [2.05, 4.69) is 9.88 Å².